The molecule has 1 aliphatic rings. The van der Waals surface area contributed by atoms with Crippen molar-refractivity contribution >= 4 is 34.3 Å². The summed E-state index contributed by atoms with van der Waals surface area (Å²) in [5.41, 5.74) is 4.18. The summed E-state index contributed by atoms with van der Waals surface area (Å²) in [5, 5.41) is 3.53. The summed E-state index contributed by atoms with van der Waals surface area (Å²) in [5.74, 6) is 1.76. The molecule has 0 saturated carbocycles. The number of anilines is 2. The molecule has 2 aromatic carbocycles. The number of hydrogen-bond acceptors (Lipinski definition) is 4. The Morgan fingerprint density at radius 2 is 1.67 bits per heavy atom. The third-order valence-electron chi connectivity index (χ3n) is 7.74. The fourth-order valence-corrected chi connectivity index (χ4v) is 5.52. The fraction of sp³-hybridized carbons (Fsp3) is 0.594. The highest BCUT2D eigenvalue weighted by atomic mass is 35.5. The molecule has 0 amide bonds. The van der Waals surface area contributed by atoms with E-state index in [9.17, 15) is 4.39 Å². The van der Waals surface area contributed by atoms with Crippen LogP contribution in [0.25, 0.3) is 11.0 Å². The number of hydrogen-bond donors (Lipinski definition) is 1. The summed E-state index contributed by atoms with van der Waals surface area (Å²) in [7, 11) is 0. The van der Waals surface area contributed by atoms with Crippen molar-refractivity contribution in [3.8, 4) is 0 Å². The molecule has 0 spiro atoms. The van der Waals surface area contributed by atoms with Gasteiger partial charge in [0.25, 0.3) is 0 Å². The van der Waals surface area contributed by atoms with Gasteiger partial charge in [0.1, 0.15) is 5.82 Å². The van der Waals surface area contributed by atoms with Crippen molar-refractivity contribution in [3.05, 3.63) is 52.8 Å². The molecule has 0 bridgehead atoms. The monoisotopic (exact) mass is 555 g/mol. The first kappa shape index (κ1) is 29.8. The third-order valence-corrected chi connectivity index (χ3v) is 8.03. The normalized spacial score (nSPS) is 14.8. The number of fused-ring (bicyclic) bond motifs is 1. The predicted molar refractivity (Wildman–Crippen MR) is 164 cm³/mol. The van der Waals surface area contributed by atoms with Crippen molar-refractivity contribution in [3.63, 3.8) is 0 Å². The molecule has 214 valence electrons. The smallest absolute Gasteiger partial charge is 0.208 e. The molecule has 1 aromatic heterocycles. The number of imidazole rings is 1. The molecule has 3 aromatic rings. The summed E-state index contributed by atoms with van der Waals surface area (Å²) >= 11 is 6.08. The van der Waals surface area contributed by atoms with Crippen molar-refractivity contribution in [2.75, 3.05) is 38.0 Å². The van der Waals surface area contributed by atoms with E-state index in [-0.39, 0.29) is 5.02 Å². The lowest BCUT2D eigenvalue weighted by molar-refractivity contribution is 0.223. The van der Waals surface area contributed by atoms with Crippen LogP contribution in [0, 0.1) is 17.7 Å². The zero-order valence-electron chi connectivity index (χ0n) is 24.4. The van der Waals surface area contributed by atoms with E-state index >= 15 is 0 Å². The molecule has 0 radical (unpaired) electrons. The van der Waals surface area contributed by atoms with Gasteiger partial charge in [-0.05, 0) is 113 Å². The number of rotatable bonds is 14. The van der Waals surface area contributed by atoms with Gasteiger partial charge < -0.3 is 14.8 Å². The highest BCUT2D eigenvalue weighted by Gasteiger charge is 2.16. The lowest BCUT2D eigenvalue weighted by atomic mass is 10.1. The molecule has 1 N–H and O–H groups in total. The lowest BCUT2D eigenvalue weighted by Gasteiger charge is -2.26. The van der Waals surface area contributed by atoms with Crippen LogP contribution in [0.5, 0.6) is 0 Å². The Bertz CT molecular complexity index is 1170. The first-order valence-corrected chi connectivity index (χ1v) is 15.3. The number of nitrogens with zero attached hydrogens (tertiary/aromatic N) is 4. The van der Waals surface area contributed by atoms with E-state index in [2.05, 4.69) is 65.6 Å². The molecule has 4 rings (SSSR count). The SMILES string of the molecule is CC(C)CCN(CCC(C)C)Cc1ccc2nc(Nc3ccc(F)c(Cl)c3)n(CCCN3CCCCC3)c2c1. The van der Waals surface area contributed by atoms with E-state index in [0.29, 0.717) is 11.8 Å². The van der Waals surface area contributed by atoms with Crippen molar-refractivity contribution in [1.29, 1.82) is 0 Å². The molecular weight excluding hydrogens is 509 g/mol. The van der Waals surface area contributed by atoms with E-state index in [1.54, 1.807) is 12.1 Å². The average Bonchev–Trinajstić information content (AvgIpc) is 3.24. The number of aryl methyl sites for hydroxylation is 1. The van der Waals surface area contributed by atoms with Crippen LogP contribution in [0.1, 0.15) is 71.8 Å². The zero-order chi connectivity index (χ0) is 27.8. The Morgan fingerprint density at radius 1 is 0.949 bits per heavy atom. The molecule has 1 aliphatic heterocycles. The van der Waals surface area contributed by atoms with Gasteiger partial charge >= 0.3 is 0 Å². The Hall–Kier alpha value is -2.15. The molecule has 1 fully saturated rings. The molecule has 0 unspecified atom stereocenters. The topological polar surface area (TPSA) is 36.3 Å². The zero-order valence-corrected chi connectivity index (χ0v) is 25.1. The minimum Gasteiger partial charge on any atom is -0.326 e. The number of halogens is 2. The van der Waals surface area contributed by atoms with Crippen LogP contribution in [-0.2, 0) is 13.1 Å². The van der Waals surface area contributed by atoms with Crippen LogP contribution in [0.4, 0.5) is 16.0 Å². The molecule has 39 heavy (non-hydrogen) atoms. The van der Waals surface area contributed by atoms with Gasteiger partial charge in [-0.25, -0.2) is 9.37 Å². The van der Waals surface area contributed by atoms with Crippen molar-refractivity contribution in [1.82, 2.24) is 19.4 Å². The number of benzene rings is 2. The van der Waals surface area contributed by atoms with Gasteiger partial charge in [0.2, 0.25) is 5.95 Å². The Labute approximate surface area is 239 Å². The standard InChI is InChI=1S/C32H47ClFN5/c1-24(2)13-19-38(20-14-25(3)4)23-26-9-12-30-31(21-26)39(18-8-17-37-15-6-5-7-16-37)32(36-30)35-27-10-11-29(34)28(33)22-27/h9-12,21-22,24-25H,5-8,13-20,23H2,1-4H3,(H,35,36). The molecule has 5 nitrogen and oxygen atoms in total. The molecular formula is C32H47ClFN5. The second kappa shape index (κ2) is 14.5. The van der Waals surface area contributed by atoms with E-state index in [1.807, 2.05) is 0 Å². The first-order valence-electron chi connectivity index (χ1n) is 14.9. The van der Waals surface area contributed by atoms with E-state index in [0.717, 1.165) is 61.8 Å². The predicted octanol–water partition coefficient (Wildman–Crippen LogP) is 8.34. The van der Waals surface area contributed by atoms with Crippen molar-refractivity contribution < 1.29 is 4.39 Å². The molecule has 7 heteroatoms. The summed E-state index contributed by atoms with van der Waals surface area (Å²) < 4.78 is 16.1. The number of aromatic nitrogens is 2. The number of likely N-dealkylation sites (tertiary alicyclic amines) is 1. The lowest BCUT2D eigenvalue weighted by Crippen LogP contribution is -2.31. The first-order chi connectivity index (χ1) is 18.8. The van der Waals surface area contributed by atoms with Crippen molar-refractivity contribution in [2.24, 2.45) is 11.8 Å². The van der Waals surface area contributed by atoms with Gasteiger partial charge in [0, 0.05) is 18.8 Å². The Balaban J connectivity index is 1.58. The molecule has 0 atom stereocenters. The largest absolute Gasteiger partial charge is 0.326 e. The summed E-state index contributed by atoms with van der Waals surface area (Å²) in [4.78, 5) is 10.1. The van der Waals surface area contributed by atoms with Crippen molar-refractivity contribution in [2.45, 2.75) is 79.3 Å². The van der Waals surface area contributed by atoms with E-state index in [1.165, 1.54) is 56.8 Å². The van der Waals surface area contributed by atoms with Gasteiger partial charge in [0.15, 0.2) is 0 Å². The van der Waals surface area contributed by atoms with Crippen LogP contribution in [-0.4, -0.2) is 52.1 Å². The third kappa shape index (κ3) is 8.92. The average molecular weight is 556 g/mol. The van der Waals surface area contributed by atoms with E-state index in [4.69, 9.17) is 16.6 Å². The van der Waals surface area contributed by atoms with Gasteiger partial charge in [-0.3, -0.25) is 4.90 Å². The maximum Gasteiger partial charge on any atom is 0.208 e. The minimum absolute atomic E-state index is 0.109. The second-order valence-corrected chi connectivity index (χ2v) is 12.5. The van der Waals surface area contributed by atoms with Gasteiger partial charge in [-0.1, -0.05) is 51.8 Å². The van der Waals surface area contributed by atoms with Crippen LogP contribution in [0.15, 0.2) is 36.4 Å². The van der Waals surface area contributed by atoms with Crippen LogP contribution in [0.3, 0.4) is 0 Å². The van der Waals surface area contributed by atoms with Gasteiger partial charge in [-0.2, -0.15) is 0 Å². The summed E-state index contributed by atoms with van der Waals surface area (Å²) in [6.45, 7) is 16.8. The Morgan fingerprint density at radius 3 is 2.33 bits per heavy atom. The number of piperidine rings is 1. The maximum absolute atomic E-state index is 13.8. The van der Waals surface area contributed by atoms with E-state index < -0.39 is 5.82 Å². The fourth-order valence-electron chi connectivity index (χ4n) is 5.34. The Kier molecular flexibility index (Phi) is 11.1. The van der Waals surface area contributed by atoms with Crippen LogP contribution < -0.4 is 5.32 Å². The second-order valence-electron chi connectivity index (χ2n) is 12.1. The van der Waals surface area contributed by atoms with Gasteiger partial charge in [0.05, 0.1) is 16.1 Å². The minimum atomic E-state index is -0.415. The molecule has 1 saturated heterocycles. The highest BCUT2D eigenvalue weighted by Crippen LogP contribution is 2.27. The van der Waals surface area contributed by atoms with Crippen LogP contribution in [0.2, 0.25) is 5.02 Å². The maximum atomic E-state index is 13.8. The molecule has 2 heterocycles. The quantitative estimate of drug-likeness (QED) is 0.217. The number of nitrogens with one attached hydrogen (secondary N) is 1. The molecule has 0 aliphatic carbocycles. The summed E-state index contributed by atoms with van der Waals surface area (Å²) in [6.07, 6.45) is 7.44. The summed E-state index contributed by atoms with van der Waals surface area (Å²) in [6, 6.07) is 11.4. The van der Waals surface area contributed by atoms with Crippen LogP contribution >= 0.6 is 11.6 Å². The van der Waals surface area contributed by atoms with Gasteiger partial charge in [-0.15, -0.1) is 0 Å². The highest BCUT2D eigenvalue weighted by molar-refractivity contribution is 6.31.